The largest absolute Gasteiger partial charge is 0.308 e. The van der Waals surface area contributed by atoms with Crippen LogP contribution < -0.4 is 9.80 Å². The third kappa shape index (κ3) is 6.54. The predicted octanol–water partition coefficient (Wildman–Crippen LogP) is 18.0. The quantitative estimate of drug-likeness (QED) is 0.153. The number of aryl methyl sites for hydroxylation is 2. The molecule has 8 aromatic carbocycles. The first-order chi connectivity index (χ1) is 31.6. The van der Waals surface area contributed by atoms with Gasteiger partial charge in [-0.1, -0.05) is 180 Å². The van der Waals surface area contributed by atoms with Gasteiger partial charge in [-0.15, -0.1) is 0 Å². The van der Waals surface area contributed by atoms with E-state index in [4.69, 9.17) is 0 Å². The molecule has 0 radical (unpaired) electrons. The summed E-state index contributed by atoms with van der Waals surface area (Å²) in [4.78, 5) is 10.2. The van der Waals surface area contributed by atoms with Crippen molar-refractivity contribution in [2.45, 2.75) is 71.5 Å². The van der Waals surface area contributed by atoms with Crippen LogP contribution in [0.5, 0.6) is 0 Å². The van der Waals surface area contributed by atoms with Gasteiger partial charge in [-0.2, -0.15) is 0 Å². The van der Waals surface area contributed by atoms with Crippen LogP contribution in [0.15, 0.2) is 201 Å². The van der Waals surface area contributed by atoms with Crippen molar-refractivity contribution in [2.75, 3.05) is 9.80 Å². The number of rotatable bonds is 6. The highest BCUT2D eigenvalue weighted by molar-refractivity contribution is 8.00. The lowest BCUT2D eigenvalue weighted by Crippen LogP contribution is -2.42. The van der Waals surface area contributed by atoms with Gasteiger partial charge in [0.25, 0.3) is 0 Å². The molecule has 2 aliphatic heterocycles. The molecule has 8 aromatic rings. The Morgan fingerprint density at radius 3 is 1.03 bits per heavy atom. The highest BCUT2D eigenvalue weighted by Gasteiger charge is 2.48. The van der Waals surface area contributed by atoms with E-state index in [1.54, 1.807) is 0 Å². The summed E-state index contributed by atoms with van der Waals surface area (Å²) < 4.78 is 0. The minimum Gasteiger partial charge on any atom is -0.308 e. The average Bonchev–Trinajstić information content (AvgIpc) is 3.86. The zero-order chi connectivity index (χ0) is 44.1. The first-order valence-corrected chi connectivity index (χ1v) is 27.6. The van der Waals surface area contributed by atoms with Crippen molar-refractivity contribution < 1.29 is 0 Å². The maximum atomic E-state index is 2.68. The molecule has 0 N–H and O–H groups in total. The summed E-state index contributed by atoms with van der Waals surface area (Å²) in [5.41, 5.74) is 24.3. The van der Waals surface area contributed by atoms with Crippen LogP contribution in [0.2, 0.25) is 13.1 Å². The van der Waals surface area contributed by atoms with Gasteiger partial charge in [-0.25, -0.2) is 0 Å². The van der Waals surface area contributed by atoms with Crippen molar-refractivity contribution in [3.63, 3.8) is 0 Å². The Bertz CT molecular complexity index is 3000. The summed E-state index contributed by atoms with van der Waals surface area (Å²) in [6.07, 6.45) is 5.11. The van der Waals surface area contributed by atoms with Crippen LogP contribution in [0.3, 0.4) is 0 Å². The van der Waals surface area contributed by atoms with E-state index in [9.17, 15) is 0 Å². The summed E-state index contributed by atoms with van der Waals surface area (Å²) >= 11 is 3.75. The summed E-state index contributed by atoms with van der Waals surface area (Å²) in [6.45, 7) is 14.6. The molecule has 0 fully saturated rings. The van der Waals surface area contributed by atoms with Gasteiger partial charge in [0, 0.05) is 41.8 Å². The highest BCUT2D eigenvalue weighted by atomic mass is 32.2. The van der Waals surface area contributed by atoms with Crippen LogP contribution in [0, 0.1) is 13.8 Å². The lowest BCUT2D eigenvalue weighted by molar-refractivity contribution is 0.967. The van der Waals surface area contributed by atoms with E-state index in [1.807, 2.05) is 23.5 Å². The standard InChI is InChI=1S/C60H50N2S2Si/c1-37-23-27-41(28-24-37)43-33-47-45(53(35-43)61-49-15-7-11-19-55(49)63-56-20-12-8-16-50(56)61)31-39(3)59(47)65(5,6)60-40(4)32-46-48(60)34-44(42-29-25-38(2)26-30-42)36-54(46)62-51-17-9-13-21-57(51)64-58-22-14-10-18-52(58)62/h7-36,59-60H,1-6H3/t59-,60+. The van der Waals surface area contributed by atoms with Crippen molar-refractivity contribution in [3.8, 4) is 22.3 Å². The fourth-order valence-corrected chi connectivity index (χ4v) is 18.5. The molecule has 12 rings (SSSR count). The number of nitrogens with zero attached hydrogens (tertiary/aromatic N) is 2. The Balaban J connectivity index is 1.06. The van der Waals surface area contributed by atoms with Gasteiger partial charge in [0.05, 0.1) is 42.2 Å². The van der Waals surface area contributed by atoms with Crippen LogP contribution in [0.25, 0.3) is 34.4 Å². The zero-order valence-corrected chi connectivity index (χ0v) is 40.3. The molecule has 2 nitrogen and oxygen atoms in total. The van der Waals surface area contributed by atoms with E-state index >= 15 is 0 Å². The molecule has 0 saturated carbocycles. The molecule has 2 aliphatic carbocycles. The van der Waals surface area contributed by atoms with Crippen LogP contribution in [-0.4, -0.2) is 8.07 Å². The van der Waals surface area contributed by atoms with E-state index in [-0.39, 0.29) is 0 Å². The SMILES string of the molecule is CC1=Cc2c(cc(-c3ccc(C)cc3)cc2N2c3ccccc3Sc3ccccc32)[C@@H]1[Si](C)(C)[C@H]1C(C)=Cc2c1cc(-c1ccc(C)cc1)cc2N1c2ccccc2Sc2ccccc21. The van der Waals surface area contributed by atoms with E-state index in [0.29, 0.717) is 11.1 Å². The first kappa shape index (κ1) is 40.3. The van der Waals surface area contributed by atoms with Crippen LogP contribution >= 0.6 is 23.5 Å². The summed E-state index contributed by atoms with van der Waals surface area (Å²) in [6, 6.07) is 64.1. The molecule has 4 aliphatic rings. The smallest absolute Gasteiger partial charge is 0.0722 e. The van der Waals surface area contributed by atoms with Crippen LogP contribution in [-0.2, 0) is 0 Å². The van der Waals surface area contributed by atoms with Gasteiger partial charge < -0.3 is 9.80 Å². The van der Waals surface area contributed by atoms with Crippen LogP contribution in [0.4, 0.5) is 34.1 Å². The molecule has 5 heteroatoms. The molecular formula is C60H50N2S2Si. The van der Waals surface area contributed by atoms with E-state index in [2.05, 4.69) is 233 Å². The number of hydrogen-bond acceptors (Lipinski definition) is 4. The highest BCUT2D eigenvalue weighted by Crippen LogP contribution is 2.60. The fraction of sp³-hybridized carbons (Fsp3) is 0.133. The van der Waals surface area contributed by atoms with Crippen LogP contribution in [0.1, 0.15) is 58.3 Å². The molecular weight excluding hydrogens is 841 g/mol. The maximum absolute atomic E-state index is 2.68. The lowest BCUT2D eigenvalue weighted by Gasteiger charge is -2.40. The third-order valence-electron chi connectivity index (χ3n) is 14.3. The van der Waals surface area contributed by atoms with Crippen molar-refractivity contribution in [1.82, 2.24) is 0 Å². The molecule has 65 heavy (non-hydrogen) atoms. The number of allylic oxidation sites excluding steroid dienone is 2. The first-order valence-electron chi connectivity index (χ1n) is 22.8. The van der Waals surface area contributed by atoms with E-state index < -0.39 is 8.07 Å². The van der Waals surface area contributed by atoms with Crippen molar-refractivity contribution in [3.05, 3.63) is 214 Å². The van der Waals surface area contributed by atoms with Gasteiger partial charge in [-0.05, 0) is 122 Å². The van der Waals surface area contributed by atoms with Crippen molar-refractivity contribution in [2.24, 2.45) is 0 Å². The molecule has 0 amide bonds. The number of benzene rings is 8. The Kier molecular flexibility index (Phi) is 9.57. The molecule has 0 bridgehead atoms. The van der Waals surface area contributed by atoms with Gasteiger partial charge in [0.15, 0.2) is 0 Å². The molecule has 0 aromatic heterocycles. The topological polar surface area (TPSA) is 6.48 Å². The summed E-state index contributed by atoms with van der Waals surface area (Å²) in [7, 11) is -2.34. The van der Waals surface area contributed by atoms with Gasteiger partial charge in [0.1, 0.15) is 0 Å². The number of fused-ring (bicyclic) bond motifs is 6. The third-order valence-corrected chi connectivity index (χ3v) is 21.0. The predicted molar refractivity (Wildman–Crippen MR) is 281 cm³/mol. The second-order valence-electron chi connectivity index (χ2n) is 18.9. The monoisotopic (exact) mass is 890 g/mol. The lowest BCUT2D eigenvalue weighted by atomic mass is 9.96. The average molecular weight is 891 g/mol. The van der Waals surface area contributed by atoms with Gasteiger partial charge >= 0.3 is 0 Å². The number of para-hydroxylation sites is 4. The fourth-order valence-electron chi connectivity index (χ4n) is 11.5. The van der Waals surface area contributed by atoms with Gasteiger partial charge in [-0.3, -0.25) is 0 Å². The summed E-state index contributed by atoms with van der Waals surface area (Å²) in [5, 5.41) is 0. The zero-order valence-electron chi connectivity index (χ0n) is 37.7. The minimum absolute atomic E-state index is 0.296. The Morgan fingerprint density at radius 1 is 0.369 bits per heavy atom. The molecule has 316 valence electrons. The second-order valence-corrected chi connectivity index (χ2v) is 25.9. The maximum Gasteiger partial charge on any atom is 0.0722 e. The second kappa shape index (κ2) is 15.4. The molecule has 2 heterocycles. The molecule has 2 atom stereocenters. The Morgan fingerprint density at radius 2 is 0.692 bits per heavy atom. The summed E-state index contributed by atoms with van der Waals surface area (Å²) in [5.74, 6) is 0. The number of anilines is 6. The van der Waals surface area contributed by atoms with Gasteiger partial charge in [0.2, 0.25) is 0 Å². The Labute approximate surface area is 393 Å². The normalized spacial score (nSPS) is 16.8. The molecule has 0 spiro atoms. The molecule has 0 unspecified atom stereocenters. The van der Waals surface area contributed by atoms with Crippen molar-refractivity contribution >= 4 is 77.9 Å². The number of hydrogen-bond donors (Lipinski definition) is 0. The van der Waals surface area contributed by atoms with E-state index in [0.717, 1.165) is 0 Å². The Hall–Kier alpha value is -6.24. The van der Waals surface area contributed by atoms with E-state index in [1.165, 1.54) is 120 Å². The molecule has 0 saturated heterocycles. The minimum atomic E-state index is -2.34. The van der Waals surface area contributed by atoms with Crippen molar-refractivity contribution in [1.29, 1.82) is 0 Å².